The van der Waals surface area contributed by atoms with Gasteiger partial charge in [-0.15, -0.1) is 0 Å². The topological polar surface area (TPSA) is 15.3 Å². The Morgan fingerprint density at radius 3 is 2.60 bits per heavy atom. The molecule has 0 bridgehead atoms. The van der Waals surface area contributed by atoms with Crippen LogP contribution in [0.3, 0.4) is 0 Å². The molecule has 20 heavy (non-hydrogen) atoms. The highest BCUT2D eigenvalue weighted by Crippen LogP contribution is 2.30. The van der Waals surface area contributed by atoms with E-state index in [4.69, 9.17) is 0 Å². The van der Waals surface area contributed by atoms with E-state index < -0.39 is 0 Å². The molecule has 0 amide bonds. The van der Waals surface area contributed by atoms with E-state index in [0.29, 0.717) is 6.04 Å². The molecule has 0 aliphatic carbocycles. The van der Waals surface area contributed by atoms with Gasteiger partial charge in [-0.3, -0.25) is 0 Å². The van der Waals surface area contributed by atoms with Gasteiger partial charge in [-0.25, -0.2) is 4.39 Å². The molecule has 1 unspecified atom stereocenters. The Morgan fingerprint density at radius 1 is 1.10 bits per heavy atom. The summed E-state index contributed by atoms with van der Waals surface area (Å²) in [6, 6.07) is 15.6. The van der Waals surface area contributed by atoms with Gasteiger partial charge in [0.1, 0.15) is 5.82 Å². The standard InChI is InChI=1S/C17H19FN2/c1-13-4-2-3-5-16(13)17-12-19-10-11-20(17)15-8-6-14(18)7-9-15/h2-9,17,19H,10-12H2,1H3. The van der Waals surface area contributed by atoms with E-state index in [1.807, 2.05) is 12.1 Å². The third-order valence-corrected chi connectivity index (χ3v) is 3.95. The smallest absolute Gasteiger partial charge is 0.123 e. The molecule has 0 saturated carbocycles. The minimum atomic E-state index is -0.184. The Hall–Kier alpha value is -1.87. The van der Waals surface area contributed by atoms with Crippen LogP contribution in [-0.2, 0) is 0 Å². The van der Waals surface area contributed by atoms with Crippen LogP contribution >= 0.6 is 0 Å². The zero-order valence-electron chi connectivity index (χ0n) is 11.6. The van der Waals surface area contributed by atoms with Gasteiger partial charge in [0.05, 0.1) is 6.04 Å². The van der Waals surface area contributed by atoms with Gasteiger partial charge < -0.3 is 10.2 Å². The molecular formula is C17H19FN2. The largest absolute Gasteiger partial charge is 0.362 e. The lowest BCUT2D eigenvalue weighted by atomic mass is 9.98. The minimum absolute atomic E-state index is 0.184. The first-order chi connectivity index (χ1) is 9.75. The lowest BCUT2D eigenvalue weighted by Crippen LogP contribution is -2.46. The van der Waals surface area contributed by atoms with E-state index in [9.17, 15) is 4.39 Å². The number of hydrogen-bond acceptors (Lipinski definition) is 2. The Balaban J connectivity index is 1.95. The van der Waals surface area contributed by atoms with Crippen LogP contribution < -0.4 is 10.2 Å². The van der Waals surface area contributed by atoms with Gasteiger partial charge >= 0.3 is 0 Å². The first-order valence-electron chi connectivity index (χ1n) is 7.04. The van der Waals surface area contributed by atoms with Crippen molar-refractivity contribution in [3.05, 3.63) is 65.5 Å². The van der Waals surface area contributed by atoms with Crippen molar-refractivity contribution in [2.24, 2.45) is 0 Å². The average molecular weight is 270 g/mol. The molecule has 2 nitrogen and oxygen atoms in total. The van der Waals surface area contributed by atoms with Crippen LogP contribution in [0.15, 0.2) is 48.5 Å². The average Bonchev–Trinajstić information content (AvgIpc) is 2.49. The fourth-order valence-electron chi connectivity index (χ4n) is 2.88. The number of halogens is 1. The second kappa shape index (κ2) is 5.63. The highest BCUT2D eigenvalue weighted by atomic mass is 19.1. The summed E-state index contributed by atoms with van der Waals surface area (Å²) in [7, 11) is 0. The molecule has 104 valence electrons. The predicted octanol–water partition coefficient (Wildman–Crippen LogP) is 3.29. The highest BCUT2D eigenvalue weighted by molar-refractivity contribution is 5.50. The normalized spacial score (nSPS) is 19.1. The molecule has 0 spiro atoms. The maximum absolute atomic E-state index is 13.1. The van der Waals surface area contributed by atoms with E-state index in [0.717, 1.165) is 25.3 Å². The van der Waals surface area contributed by atoms with E-state index in [-0.39, 0.29) is 5.82 Å². The van der Waals surface area contributed by atoms with Crippen molar-refractivity contribution < 1.29 is 4.39 Å². The molecule has 1 fully saturated rings. The summed E-state index contributed by atoms with van der Waals surface area (Å²) in [5.41, 5.74) is 3.72. The lowest BCUT2D eigenvalue weighted by molar-refractivity contribution is 0.488. The first-order valence-corrected chi connectivity index (χ1v) is 7.04. The summed E-state index contributed by atoms with van der Waals surface area (Å²) in [5.74, 6) is -0.184. The maximum atomic E-state index is 13.1. The van der Waals surface area contributed by atoms with Crippen molar-refractivity contribution in [1.29, 1.82) is 0 Å². The van der Waals surface area contributed by atoms with E-state index in [1.54, 1.807) is 0 Å². The number of rotatable bonds is 2. The number of benzene rings is 2. The van der Waals surface area contributed by atoms with Crippen LogP contribution in [0, 0.1) is 12.7 Å². The fraction of sp³-hybridized carbons (Fsp3) is 0.294. The summed E-state index contributed by atoms with van der Waals surface area (Å²) in [5, 5.41) is 3.46. The number of hydrogen-bond donors (Lipinski definition) is 1. The molecule has 1 saturated heterocycles. The minimum Gasteiger partial charge on any atom is -0.362 e. The van der Waals surface area contributed by atoms with Crippen LogP contribution in [0.5, 0.6) is 0 Å². The molecule has 2 aromatic rings. The zero-order chi connectivity index (χ0) is 13.9. The summed E-state index contributed by atoms with van der Waals surface area (Å²) in [6.07, 6.45) is 0. The van der Waals surface area contributed by atoms with E-state index in [1.165, 1.54) is 23.3 Å². The fourth-order valence-corrected chi connectivity index (χ4v) is 2.88. The van der Waals surface area contributed by atoms with Crippen LogP contribution in [-0.4, -0.2) is 19.6 Å². The third kappa shape index (κ3) is 2.54. The number of nitrogens with one attached hydrogen (secondary N) is 1. The number of nitrogens with zero attached hydrogens (tertiary/aromatic N) is 1. The quantitative estimate of drug-likeness (QED) is 0.901. The molecule has 1 aliphatic rings. The van der Waals surface area contributed by atoms with Gasteiger partial charge in [0.25, 0.3) is 0 Å². The van der Waals surface area contributed by atoms with Crippen LogP contribution in [0.25, 0.3) is 0 Å². The summed E-state index contributed by atoms with van der Waals surface area (Å²) < 4.78 is 13.1. The van der Waals surface area contributed by atoms with Crippen molar-refractivity contribution in [3.63, 3.8) is 0 Å². The predicted molar refractivity (Wildman–Crippen MR) is 80.5 cm³/mol. The molecule has 3 heteroatoms. The molecule has 3 rings (SSSR count). The summed E-state index contributed by atoms with van der Waals surface area (Å²) in [4.78, 5) is 2.36. The second-order valence-electron chi connectivity index (χ2n) is 5.25. The molecule has 1 heterocycles. The number of piperazine rings is 1. The molecule has 1 N–H and O–H groups in total. The SMILES string of the molecule is Cc1ccccc1C1CNCCN1c1ccc(F)cc1. The van der Waals surface area contributed by atoms with Crippen molar-refractivity contribution in [3.8, 4) is 0 Å². The molecule has 1 atom stereocenters. The molecule has 0 aromatic heterocycles. The van der Waals surface area contributed by atoms with Gasteiger partial charge in [-0.05, 0) is 42.3 Å². The Labute approximate surface area is 119 Å². The Morgan fingerprint density at radius 2 is 1.85 bits per heavy atom. The van der Waals surface area contributed by atoms with Gasteiger partial charge in [0, 0.05) is 25.3 Å². The Kier molecular flexibility index (Phi) is 3.70. The first kappa shape index (κ1) is 13.1. The summed E-state index contributed by atoms with van der Waals surface area (Å²) in [6.45, 7) is 4.96. The van der Waals surface area contributed by atoms with Crippen molar-refractivity contribution in [1.82, 2.24) is 5.32 Å². The number of aryl methyl sites for hydroxylation is 1. The van der Waals surface area contributed by atoms with Gasteiger partial charge in [0.15, 0.2) is 0 Å². The Bertz CT molecular complexity index is 580. The third-order valence-electron chi connectivity index (χ3n) is 3.95. The van der Waals surface area contributed by atoms with Gasteiger partial charge in [-0.1, -0.05) is 24.3 Å². The van der Waals surface area contributed by atoms with Crippen LogP contribution in [0.1, 0.15) is 17.2 Å². The van der Waals surface area contributed by atoms with E-state index in [2.05, 4.69) is 41.4 Å². The zero-order valence-corrected chi connectivity index (χ0v) is 11.6. The highest BCUT2D eigenvalue weighted by Gasteiger charge is 2.24. The number of anilines is 1. The monoisotopic (exact) mass is 270 g/mol. The molecule has 2 aromatic carbocycles. The van der Waals surface area contributed by atoms with Crippen LogP contribution in [0.2, 0.25) is 0 Å². The second-order valence-corrected chi connectivity index (χ2v) is 5.25. The van der Waals surface area contributed by atoms with Crippen molar-refractivity contribution in [2.45, 2.75) is 13.0 Å². The van der Waals surface area contributed by atoms with Crippen molar-refractivity contribution in [2.75, 3.05) is 24.5 Å². The van der Waals surface area contributed by atoms with Gasteiger partial charge in [0.2, 0.25) is 0 Å². The molecular weight excluding hydrogens is 251 g/mol. The maximum Gasteiger partial charge on any atom is 0.123 e. The van der Waals surface area contributed by atoms with Crippen LogP contribution in [0.4, 0.5) is 10.1 Å². The van der Waals surface area contributed by atoms with Crippen molar-refractivity contribution >= 4 is 5.69 Å². The lowest BCUT2D eigenvalue weighted by Gasteiger charge is -2.39. The van der Waals surface area contributed by atoms with Gasteiger partial charge in [-0.2, -0.15) is 0 Å². The molecule has 1 aliphatic heterocycles. The summed E-state index contributed by atoms with van der Waals surface area (Å²) >= 11 is 0. The molecule has 0 radical (unpaired) electrons. The van der Waals surface area contributed by atoms with E-state index >= 15 is 0 Å².